The minimum absolute atomic E-state index is 0.00879. The number of H-pyrrole nitrogens is 1. The second-order valence-electron chi connectivity index (χ2n) is 33.8. The van der Waals surface area contributed by atoms with Gasteiger partial charge in [-0.25, -0.2) is 24.1 Å². The fourth-order valence-corrected chi connectivity index (χ4v) is 16.6. The molecule has 1 aromatic carbocycles. The molecule has 35 nitrogen and oxygen atoms in total. The molecule has 5 aromatic rings. The number of esters is 1. The van der Waals surface area contributed by atoms with Gasteiger partial charge in [0.05, 0.1) is 181 Å². The Morgan fingerprint density at radius 1 is 0.719 bits per heavy atom. The minimum atomic E-state index is -2.47. The predicted octanol–water partition coefficient (Wildman–Crippen LogP) is 9.01. The highest BCUT2D eigenvalue weighted by molar-refractivity contribution is 6.39. The fourth-order valence-electron chi connectivity index (χ4n) is 16.6. The SMILES string of the molecule is COc1ccc2[nH]c(-c3nn(CCCCNC(=O)CCOCCOCCOCCOCCOCCOCCOCCOCCn4cc(COCCO[C@@H]5CC[C@@H](C[C@@H](C)[C@@H]6CC(=O)[C@H](C)/C=C(\C)[C@@H](O)[C@@H](OC)C(=O)[C@H](C)C[C@H](C)/C=C/C=C/C=C(\C)[C@@H](OC)C[C@@H]7CC[C@@H](C)[C@@](O)(O7)C(=O)C(=O)N7CCCC[C@H]7C(=O)O6)C[C@H]5OC)nn4)c4ncnc(N)c34)cc2c1. The molecule has 7 heterocycles. The van der Waals surface area contributed by atoms with Crippen LogP contribution in [0.15, 0.2) is 84.4 Å². The van der Waals surface area contributed by atoms with E-state index in [2.05, 4.69) is 30.6 Å². The van der Waals surface area contributed by atoms with E-state index in [0.717, 1.165) is 47.2 Å². The number of benzene rings is 1. The van der Waals surface area contributed by atoms with Crippen molar-refractivity contribution >= 4 is 62.9 Å². The summed E-state index contributed by atoms with van der Waals surface area (Å²) in [6.45, 7) is 21.7. The number of aryl methyl sites for hydroxylation is 1. The van der Waals surface area contributed by atoms with E-state index in [9.17, 15) is 39.0 Å². The summed E-state index contributed by atoms with van der Waals surface area (Å²) in [5.41, 5.74) is 11.3. The van der Waals surface area contributed by atoms with Crippen molar-refractivity contribution in [3.63, 3.8) is 0 Å². The van der Waals surface area contributed by atoms with E-state index in [-0.39, 0.29) is 79.8 Å². The van der Waals surface area contributed by atoms with E-state index in [0.29, 0.717) is 230 Å². The molecule has 712 valence electrons. The zero-order chi connectivity index (χ0) is 91.7. The molecule has 3 fully saturated rings. The van der Waals surface area contributed by atoms with E-state index in [1.807, 2.05) is 93.2 Å². The quantitative estimate of drug-likeness (QED) is 0.0105. The molecular weight excluding hydrogens is 1660 g/mol. The van der Waals surface area contributed by atoms with Crippen LogP contribution in [0.3, 0.4) is 0 Å². The van der Waals surface area contributed by atoms with Gasteiger partial charge in [0.25, 0.3) is 11.7 Å². The Morgan fingerprint density at radius 3 is 2.07 bits per heavy atom. The molecule has 1 saturated carbocycles. The number of nitrogens with zero attached hydrogens (tertiary/aromatic N) is 8. The van der Waals surface area contributed by atoms with Crippen LogP contribution in [0.2, 0.25) is 0 Å². The Morgan fingerprint density at radius 2 is 1.40 bits per heavy atom. The molecule has 3 aliphatic heterocycles. The molecule has 4 aromatic heterocycles. The van der Waals surface area contributed by atoms with Gasteiger partial charge in [0.1, 0.15) is 59.4 Å². The topological polar surface area (TPSA) is 422 Å². The number of carbonyl (C=O) groups excluding carboxylic acids is 6. The largest absolute Gasteiger partial charge is 0.497 e. The highest BCUT2D eigenvalue weighted by atomic mass is 16.6. The van der Waals surface area contributed by atoms with Gasteiger partial charge >= 0.3 is 5.97 Å². The smallest absolute Gasteiger partial charge is 0.329 e. The molecule has 0 unspecified atom stereocenters. The number of carbonyl (C=O) groups is 6. The number of unbranched alkanes of at least 4 members (excludes halogenated alkanes) is 1. The Balaban J connectivity index is 0.584. The van der Waals surface area contributed by atoms with E-state index in [1.54, 1.807) is 52.9 Å². The van der Waals surface area contributed by atoms with Crippen molar-refractivity contribution < 1.29 is 115 Å². The number of aromatic nitrogens is 8. The molecule has 9 rings (SSSR count). The number of rotatable bonds is 46. The van der Waals surface area contributed by atoms with E-state index in [4.69, 9.17) is 86.6 Å². The number of cyclic esters (lactones) is 1. The summed E-state index contributed by atoms with van der Waals surface area (Å²) < 4.78 is 96.4. The van der Waals surface area contributed by atoms with Gasteiger partial charge in [-0.15, -0.1) is 5.10 Å². The average molecular weight is 1800 g/mol. The molecule has 2 amide bonds. The number of aliphatic hydroxyl groups is 2. The van der Waals surface area contributed by atoms with Gasteiger partial charge in [0.15, 0.2) is 11.4 Å². The fraction of sp³-hybridized carbons (Fsp3) is 0.688. The van der Waals surface area contributed by atoms with Gasteiger partial charge in [-0.05, 0) is 144 Å². The van der Waals surface area contributed by atoms with E-state index in [1.165, 1.54) is 18.3 Å². The number of ether oxygens (including phenoxy) is 16. The maximum Gasteiger partial charge on any atom is 0.329 e. The van der Waals surface area contributed by atoms with Crippen LogP contribution >= 0.6 is 0 Å². The number of nitrogens with one attached hydrogen (secondary N) is 2. The van der Waals surface area contributed by atoms with Gasteiger partial charge in [-0.3, -0.25) is 24.0 Å². The third-order valence-electron chi connectivity index (χ3n) is 24.2. The Bertz CT molecular complexity index is 4340. The molecular formula is C93H141N11O24. The van der Waals surface area contributed by atoms with Crippen LogP contribution in [0.4, 0.5) is 5.82 Å². The number of aliphatic hydroxyl groups excluding tert-OH is 1. The van der Waals surface area contributed by atoms with Crippen molar-refractivity contribution in [2.45, 2.75) is 219 Å². The number of piperidine rings is 1. The first kappa shape index (κ1) is 104. The predicted molar refractivity (Wildman–Crippen MR) is 476 cm³/mol. The van der Waals surface area contributed by atoms with Gasteiger partial charge in [0.2, 0.25) is 11.7 Å². The monoisotopic (exact) mass is 1800 g/mol. The number of aromatic amines is 1. The normalized spacial score (nSPS) is 26.4. The third kappa shape index (κ3) is 32.4. The first-order valence-electron chi connectivity index (χ1n) is 45.5. The number of Topliss-reactive ketones (excluding diaryl/α,β-unsaturated/α-hetero) is 3. The van der Waals surface area contributed by atoms with Gasteiger partial charge in [-0.1, -0.05) is 76.3 Å². The molecule has 15 atom stereocenters. The van der Waals surface area contributed by atoms with Crippen molar-refractivity contribution in [1.29, 1.82) is 0 Å². The number of ketones is 3. The molecule has 35 heteroatoms. The van der Waals surface area contributed by atoms with Gasteiger partial charge < -0.3 is 107 Å². The Kier molecular flexibility index (Phi) is 44.6. The van der Waals surface area contributed by atoms with Crippen molar-refractivity contribution in [3.8, 4) is 17.1 Å². The Labute approximate surface area is 752 Å². The highest BCUT2D eigenvalue weighted by Gasteiger charge is 2.53. The maximum absolute atomic E-state index is 14.8. The summed E-state index contributed by atoms with van der Waals surface area (Å²) in [6, 6.07) is 6.64. The number of nitrogen functional groups attached to an aromatic ring is 1. The lowest BCUT2D eigenvalue weighted by atomic mass is 9.78. The lowest BCUT2D eigenvalue weighted by Crippen LogP contribution is -2.61. The first-order valence-corrected chi connectivity index (χ1v) is 45.5. The van der Waals surface area contributed by atoms with Crippen molar-refractivity contribution in [2.75, 3.05) is 166 Å². The molecule has 4 aliphatic rings. The van der Waals surface area contributed by atoms with Crippen LogP contribution in [0.1, 0.15) is 150 Å². The van der Waals surface area contributed by atoms with Gasteiger partial charge in [-0.2, -0.15) is 5.10 Å². The number of nitrogens with two attached hydrogens (primary N) is 1. The number of methoxy groups -OCH3 is 4. The van der Waals surface area contributed by atoms with Crippen LogP contribution in [0, 0.1) is 35.5 Å². The summed E-state index contributed by atoms with van der Waals surface area (Å²) in [5, 5.41) is 41.8. The molecule has 0 radical (unpaired) electrons. The standard InChI is InChI=1S/C93H141N11O24/c1-62-19-13-12-14-20-63(2)79(114-9)57-73-24-22-68(7)93(112,128-73)88(109)91(110)103-30-17-15-21-76(103)92(111)127-80(58-77(105)64(3)52-67(6)86(108)87(116-11)85(107)66(5)51-62)65(4)53-69-23-27-78(81(54-69)115-10)126-50-49-125-60-71-59-102(101-99-71)32-34-118-36-38-120-40-42-122-44-46-124-48-47-123-45-43-121-41-39-119-37-35-117-33-28-82(106)95-29-16-18-31-104-90-83(89(94)96-61-97-90)84(100-104)75-56-70-55-72(113-8)25-26-74(70)98-75/h12-14,19-20,25-26,52,55-56,59,61-62,64-66,68-69,73,76,78-81,86-87,98,108,112H,15-18,21-24,27-51,53-54,57-58,60H2,1-11H3,(H,95,106)(H2,94,96,97)/b14-12+,19-13+,63-20+,67-52+/t62-,64-,65-,66-,68-,69+,73+,76+,78-,79+,80+,81-,86-,87+,93-/m1/s1. The molecule has 2 bridgehead atoms. The van der Waals surface area contributed by atoms with Crippen LogP contribution < -0.4 is 15.8 Å². The minimum Gasteiger partial charge on any atom is -0.497 e. The lowest BCUT2D eigenvalue weighted by molar-refractivity contribution is -0.265. The highest BCUT2D eigenvalue weighted by Crippen LogP contribution is 2.40. The van der Waals surface area contributed by atoms with E-state index < -0.39 is 77.8 Å². The first-order chi connectivity index (χ1) is 61.9. The van der Waals surface area contributed by atoms with E-state index >= 15 is 0 Å². The zero-order valence-electron chi connectivity index (χ0n) is 76.9. The number of allylic oxidation sites excluding steroid dienone is 6. The second-order valence-corrected chi connectivity index (χ2v) is 33.8. The summed E-state index contributed by atoms with van der Waals surface area (Å²) in [7, 11) is 6.24. The van der Waals surface area contributed by atoms with Crippen molar-refractivity contribution in [2.24, 2.45) is 35.5 Å². The molecule has 0 spiro atoms. The van der Waals surface area contributed by atoms with Crippen LogP contribution in [0.5, 0.6) is 5.75 Å². The van der Waals surface area contributed by atoms with Gasteiger partial charge in [0, 0.05) is 88.9 Å². The molecule has 6 N–H and O–H groups in total. The lowest BCUT2D eigenvalue weighted by Gasteiger charge is -2.42. The molecule has 128 heavy (non-hydrogen) atoms. The summed E-state index contributed by atoms with van der Waals surface area (Å²) in [5.74, 6) is -7.27. The summed E-state index contributed by atoms with van der Waals surface area (Å²) >= 11 is 0. The average Bonchev–Trinajstić information content (AvgIpc) is 1.46. The molecule has 2 saturated heterocycles. The zero-order valence-corrected chi connectivity index (χ0v) is 76.9. The number of fused-ring (bicyclic) bond motifs is 5. The Hall–Kier alpha value is -8.21. The number of amides is 2. The summed E-state index contributed by atoms with van der Waals surface area (Å²) in [6.07, 6.45) is 16.4. The molecule has 1 aliphatic carbocycles. The van der Waals surface area contributed by atoms with Crippen molar-refractivity contribution in [3.05, 3.63) is 90.1 Å². The second kappa shape index (κ2) is 55.2. The third-order valence-corrected chi connectivity index (χ3v) is 24.2. The number of hydrogen-bond acceptors (Lipinski definition) is 30. The van der Waals surface area contributed by atoms with Crippen LogP contribution in [0.25, 0.3) is 33.3 Å². The summed E-state index contributed by atoms with van der Waals surface area (Å²) in [4.78, 5) is 98.0. The van der Waals surface area contributed by atoms with Crippen LogP contribution in [-0.2, 0) is 120 Å². The van der Waals surface area contributed by atoms with Crippen LogP contribution in [-0.4, -0.2) is 305 Å². The number of hydrogen-bond donors (Lipinski definition) is 5. The number of anilines is 1. The maximum atomic E-state index is 14.8. The van der Waals surface area contributed by atoms with Crippen molar-refractivity contribution in [1.82, 2.24) is 49.9 Å².